The zero-order valence-corrected chi connectivity index (χ0v) is 12.0. The molecule has 0 radical (unpaired) electrons. The molecule has 1 heterocycles. The Kier molecular flexibility index (Phi) is 3.82. The zero-order chi connectivity index (χ0) is 14.9. The number of sulfonamides is 1. The predicted molar refractivity (Wildman–Crippen MR) is 75.6 cm³/mol. The van der Waals surface area contributed by atoms with Crippen molar-refractivity contribution in [3.63, 3.8) is 0 Å². The maximum Gasteiger partial charge on any atom is 0.262 e. The van der Waals surface area contributed by atoms with Gasteiger partial charge in [0.15, 0.2) is 5.15 Å². The summed E-state index contributed by atoms with van der Waals surface area (Å²) in [6.07, 6.45) is 1.50. The molecule has 0 fully saturated rings. The molecule has 0 aliphatic heterocycles. The van der Waals surface area contributed by atoms with E-state index in [1.165, 1.54) is 24.4 Å². The molecule has 0 bridgehead atoms. The molecule has 3 N–H and O–H groups in total. The second-order valence-electron chi connectivity index (χ2n) is 4.14. The van der Waals surface area contributed by atoms with Crippen molar-refractivity contribution in [2.24, 2.45) is 0 Å². The Morgan fingerprint density at radius 3 is 2.70 bits per heavy atom. The molecule has 2 rings (SSSR count). The molecular weight excluding hydrogens is 305 g/mol. The fraction of sp³-hybridized carbons (Fsp3) is 0.0833. The van der Waals surface area contributed by atoms with Gasteiger partial charge in [-0.25, -0.2) is 17.8 Å². The minimum Gasteiger partial charge on any atom is -0.396 e. The summed E-state index contributed by atoms with van der Waals surface area (Å²) in [5.41, 5.74) is 6.04. The number of anilines is 2. The summed E-state index contributed by atoms with van der Waals surface area (Å²) in [6, 6.07) is 4.76. The minimum atomic E-state index is -3.96. The van der Waals surface area contributed by atoms with Crippen LogP contribution in [0.25, 0.3) is 0 Å². The number of nitrogens with two attached hydrogens (primary N) is 1. The van der Waals surface area contributed by atoms with Gasteiger partial charge >= 0.3 is 0 Å². The van der Waals surface area contributed by atoms with Crippen LogP contribution in [0.1, 0.15) is 5.56 Å². The van der Waals surface area contributed by atoms with Gasteiger partial charge in [-0.2, -0.15) is 0 Å². The van der Waals surface area contributed by atoms with E-state index in [4.69, 9.17) is 17.3 Å². The smallest absolute Gasteiger partial charge is 0.262 e. The fourth-order valence-electron chi connectivity index (χ4n) is 1.50. The molecule has 0 spiro atoms. The molecule has 0 amide bonds. The summed E-state index contributed by atoms with van der Waals surface area (Å²) in [5, 5.41) is 0.00934. The average molecular weight is 316 g/mol. The third-order valence-corrected chi connectivity index (χ3v) is 4.17. The van der Waals surface area contributed by atoms with Gasteiger partial charge in [0.05, 0.1) is 16.3 Å². The van der Waals surface area contributed by atoms with Gasteiger partial charge in [0, 0.05) is 6.20 Å². The summed E-state index contributed by atoms with van der Waals surface area (Å²) in [4.78, 5) is 3.58. The van der Waals surface area contributed by atoms with E-state index in [2.05, 4.69) is 9.71 Å². The molecule has 0 atom stereocenters. The van der Waals surface area contributed by atoms with Gasteiger partial charge in [-0.3, -0.25) is 4.72 Å². The van der Waals surface area contributed by atoms with Gasteiger partial charge in [-0.15, -0.1) is 0 Å². The number of halogens is 2. The zero-order valence-electron chi connectivity index (χ0n) is 10.4. The van der Waals surface area contributed by atoms with Crippen LogP contribution in [0.2, 0.25) is 5.15 Å². The van der Waals surface area contributed by atoms with E-state index in [0.717, 1.165) is 11.6 Å². The van der Waals surface area contributed by atoms with E-state index < -0.39 is 15.8 Å². The third-order valence-electron chi connectivity index (χ3n) is 2.50. The van der Waals surface area contributed by atoms with Crippen molar-refractivity contribution in [2.75, 3.05) is 10.5 Å². The third kappa shape index (κ3) is 3.00. The van der Waals surface area contributed by atoms with Crippen LogP contribution in [0.4, 0.5) is 15.8 Å². The number of aryl methyl sites for hydroxylation is 1. The lowest BCUT2D eigenvalue weighted by molar-refractivity contribution is 0.596. The first-order valence-electron chi connectivity index (χ1n) is 5.49. The standard InChI is InChI=1S/C12H11ClFN3O2S/c1-7-4-11(12(13)16-6-7)17-20(18,19)8-2-3-10(15)9(14)5-8/h2-6,17H,15H2,1H3. The van der Waals surface area contributed by atoms with Gasteiger partial charge in [0.2, 0.25) is 0 Å². The largest absolute Gasteiger partial charge is 0.396 e. The summed E-state index contributed by atoms with van der Waals surface area (Å²) in [7, 11) is -3.96. The maximum atomic E-state index is 13.3. The number of aromatic nitrogens is 1. The SMILES string of the molecule is Cc1cnc(Cl)c(NS(=O)(=O)c2ccc(N)c(F)c2)c1. The maximum absolute atomic E-state index is 13.3. The highest BCUT2D eigenvalue weighted by molar-refractivity contribution is 7.92. The van der Waals surface area contributed by atoms with E-state index in [1.807, 2.05) is 0 Å². The monoisotopic (exact) mass is 315 g/mol. The molecule has 0 saturated carbocycles. The van der Waals surface area contributed by atoms with E-state index in [0.29, 0.717) is 0 Å². The van der Waals surface area contributed by atoms with Gasteiger partial charge < -0.3 is 5.73 Å². The molecule has 8 heteroatoms. The summed E-state index contributed by atoms with van der Waals surface area (Å²) in [6.45, 7) is 1.74. The van der Waals surface area contributed by atoms with Crippen molar-refractivity contribution in [3.05, 3.63) is 47.0 Å². The first-order valence-corrected chi connectivity index (χ1v) is 7.36. The second-order valence-corrected chi connectivity index (χ2v) is 6.18. The van der Waals surface area contributed by atoms with Crippen LogP contribution in [-0.4, -0.2) is 13.4 Å². The second kappa shape index (κ2) is 5.26. The molecule has 5 nitrogen and oxygen atoms in total. The van der Waals surface area contributed by atoms with Crippen molar-refractivity contribution >= 4 is 33.0 Å². The van der Waals surface area contributed by atoms with Crippen LogP contribution in [0.5, 0.6) is 0 Å². The minimum absolute atomic E-state index is 0.00934. The highest BCUT2D eigenvalue weighted by Gasteiger charge is 2.17. The van der Waals surface area contributed by atoms with Crippen LogP contribution in [-0.2, 0) is 10.0 Å². The highest BCUT2D eigenvalue weighted by Crippen LogP contribution is 2.24. The topological polar surface area (TPSA) is 85.1 Å². The van der Waals surface area contributed by atoms with Gasteiger partial charge in [-0.1, -0.05) is 11.6 Å². The Labute approximate surface area is 120 Å². The van der Waals surface area contributed by atoms with Crippen molar-refractivity contribution in [1.82, 2.24) is 4.98 Å². The predicted octanol–water partition coefficient (Wildman–Crippen LogP) is 2.57. The summed E-state index contributed by atoms with van der Waals surface area (Å²) >= 11 is 5.81. The summed E-state index contributed by atoms with van der Waals surface area (Å²) in [5.74, 6) is -0.804. The van der Waals surface area contributed by atoms with Crippen LogP contribution < -0.4 is 10.5 Å². The molecule has 0 aliphatic rings. The van der Waals surface area contributed by atoms with Crippen LogP contribution >= 0.6 is 11.6 Å². The van der Waals surface area contributed by atoms with Gasteiger partial charge in [0.25, 0.3) is 10.0 Å². The van der Waals surface area contributed by atoms with Crippen LogP contribution in [0, 0.1) is 12.7 Å². The number of benzene rings is 1. The lowest BCUT2D eigenvalue weighted by Crippen LogP contribution is -2.14. The molecule has 1 aromatic carbocycles. The fourth-order valence-corrected chi connectivity index (χ4v) is 2.78. The van der Waals surface area contributed by atoms with Crippen molar-refractivity contribution < 1.29 is 12.8 Å². The molecule has 2 aromatic rings. The number of nitrogens with one attached hydrogen (secondary N) is 1. The number of nitrogen functional groups attached to an aromatic ring is 1. The van der Waals surface area contributed by atoms with Gasteiger partial charge in [-0.05, 0) is 36.8 Å². The number of rotatable bonds is 3. The summed E-state index contributed by atoms with van der Waals surface area (Å²) < 4.78 is 39.8. The first-order chi connectivity index (χ1) is 9.29. The van der Waals surface area contributed by atoms with E-state index in [9.17, 15) is 12.8 Å². The quantitative estimate of drug-likeness (QED) is 0.673. The van der Waals surface area contributed by atoms with Gasteiger partial charge in [0.1, 0.15) is 5.82 Å². The Morgan fingerprint density at radius 1 is 1.35 bits per heavy atom. The molecular formula is C12H11ClFN3O2S. The average Bonchev–Trinajstić information content (AvgIpc) is 2.36. The first kappa shape index (κ1) is 14.5. The molecule has 0 aliphatic carbocycles. The van der Waals surface area contributed by atoms with Crippen molar-refractivity contribution in [1.29, 1.82) is 0 Å². The Hall–Kier alpha value is -1.86. The Bertz CT molecular complexity index is 765. The molecule has 0 saturated heterocycles. The number of nitrogens with zero attached hydrogens (tertiary/aromatic N) is 1. The molecule has 1 aromatic heterocycles. The van der Waals surface area contributed by atoms with Crippen LogP contribution in [0.3, 0.4) is 0 Å². The Balaban J connectivity index is 2.40. The van der Waals surface area contributed by atoms with Crippen molar-refractivity contribution in [3.8, 4) is 0 Å². The van der Waals surface area contributed by atoms with E-state index in [-0.39, 0.29) is 21.4 Å². The molecule has 20 heavy (non-hydrogen) atoms. The highest BCUT2D eigenvalue weighted by atomic mass is 35.5. The Morgan fingerprint density at radius 2 is 2.05 bits per heavy atom. The lowest BCUT2D eigenvalue weighted by atomic mass is 10.3. The number of hydrogen-bond donors (Lipinski definition) is 2. The number of pyridine rings is 1. The number of hydrogen-bond acceptors (Lipinski definition) is 4. The van der Waals surface area contributed by atoms with Crippen molar-refractivity contribution in [2.45, 2.75) is 11.8 Å². The lowest BCUT2D eigenvalue weighted by Gasteiger charge is -2.10. The van der Waals surface area contributed by atoms with E-state index >= 15 is 0 Å². The molecule has 106 valence electrons. The van der Waals surface area contributed by atoms with Crippen LogP contribution in [0.15, 0.2) is 35.4 Å². The normalized spacial score (nSPS) is 11.3. The molecule has 0 unspecified atom stereocenters. The van der Waals surface area contributed by atoms with E-state index in [1.54, 1.807) is 6.92 Å².